The maximum Gasteiger partial charge on any atom is 0.193 e. The summed E-state index contributed by atoms with van der Waals surface area (Å²) in [6.07, 6.45) is 2.07. The fourth-order valence-corrected chi connectivity index (χ4v) is 2.13. The second-order valence-corrected chi connectivity index (χ2v) is 5.05. The third-order valence-electron chi connectivity index (χ3n) is 3.38. The van der Waals surface area contributed by atoms with Crippen molar-refractivity contribution in [3.05, 3.63) is 35.4 Å². The zero-order valence-electron chi connectivity index (χ0n) is 13.9. The van der Waals surface area contributed by atoms with Crippen LogP contribution < -0.4 is 5.32 Å². The summed E-state index contributed by atoms with van der Waals surface area (Å²) in [5, 5.41) is 3.37. The third kappa shape index (κ3) is 6.63. The third-order valence-corrected chi connectivity index (χ3v) is 3.38. The molecule has 0 aromatic heterocycles. The maximum atomic E-state index is 5.33. The minimum atomic E-state index is 0.780. The highest BCUT2D eigenvalue weighted by Crippen LogP contribution is 2.07. The minimum absolute atomic E-state index is 0.780. The Morgan fingerprint density at radius 3 is 2.43 bits per heavy atom. The van der Waals surface area contributed by atoms with Crippen LogP contribution in [-0.2, 0) is 17.7 Å². The van der Waals surface area contributed by atoms with Gasteiger partial charge in [0.2, 0.25) is 0 Å². The van der Waals surface area contributed by atoms with Crippen LogP contribution in [0.5, 0.6) is 0 Å². The predicted octanol–water partition coefficient (Wildman–Crippen LogP) is 2.68. The molecule has 0 atom stereocenters. The van der Waals surface area contributed by atoms with Crippen molar-refractivity contribution in [1.82, 2.24) is 10.2 Å². The van der Waals surface area contributed by atoms with Crippen molar-refractivity contribution in [2.24, 2.45) is 4.99 Å². The van der Waals surface area contributed by atoms with Gasteiger partial charge in [0.15, 0.2) is 5.96 Å². The van der Waals surface area contributed by atoms with Crippen LogP contribution in [0.25, 0.3) is 0 Å². The smallest absolute Gasteiger partial charge is 0.193 e. The number of nitrogens with zero attached hydrogens (tertiary/aromatic N) is 2. The van der Waals surface area contributed by atoms with Crippen LogP contribution in [0.4, 0.5) is 0 Å². The van der Waals surface area contributed by atoms with Crippen molar-refractivity contribution in [3.8, 4) is 0 Å². The molecule has 0 heterocycles. The van der Waals surface area contributed by atoms with Crippen LogP contribution in [0.15, 0.2) is 29.3 Å². The highest BCUT2D eigenvalue weighted by atomic mass is 16.5. The van der Waals surface area contributed by atoms with E-state index in [9.17, 15) is 0 Å². The maximum absolute atomic E-state index is 5.33. The van der Waals surface area contributed by atoms with Gasteiger partial charge in [-0.05, 0) is 30.9 Å². The van der Waals surface area contributed by atoms with Crippen LogP contribution in [0.3, 0.4) is 0 Å². The number of rotatable bonds is 8. The SMILES string of the molecule is CCOCCCNC(=NC)N(C)Cc1ccc(CC)cc1. The van der Waals surface area contributed by atoms with Gasteiger partial charge >= 0.3 is 0 Å². The number of benzene rings is 1. The monoisotopic (exact) mass is 291 g/mol. The molecule has 0 spiro atoms. The van der Waals surface area contributed by atoms with Crippen LogP contribution in [0.1, 0.15) is 31.4 Å². The first-order chi connectivity index (χ1) is 10.2. The van der Waals surface area contributed by atoms with Crippen LogP contribution in [0.2, 0.25) is 0 Å². The zero-order valence-corrected chi connectivity index (χ0v) is 13.9. The highest BCUT2D eigenvalue weighted by Gasteiger charge is 2.06. The largest absolute Gasteiger partial charge is 0.382 e. The minimum Gasteiger partial charge on any atom is -0.382 e. The van der Waals surface area contributed by atoms with Gasteiger partial charge in [0.1, 0.15) is 0 Å². The van der Waals surface area contributed by atoms with Gasteiger partial charge in [-0.15, -0.1) is 0 Å². The lowest BCUT2D eigenvalue weighted by atomic mass is 10.1. The molecule has 0 aliphatic heterocycles. The number of hydrogen-bond donors (Lipinski definition) is 1. The second kappa shape index (κ2) is 10.2. The van der Waals surface area contributed by atoms with Gasteiger partial charge in [-0.2, -0.15) is 0 Å². The Bertz CT molecular complexity index is 415. The number of ether oxygens (including phenoxy) is 1. The molecule has 1 aromatic rings. The molecule has 0 aliphatic carbocycles. The summed E-state index contributed by atoms with van der Waals surface area (Å²) in [4.78, 5) is 6.47. The summed E-state index contributed by atoms with van der Waals surface area (Å²) in [6.45, 7) is 7.51. The van der Waals surface area contributed by atoms with E-state index in [1.807, 2.05) is 14.0 Å². The first kappa shape index (κ1) is 17.5. The molecule has 0 unspecified atom stereocenters. The highest BCUT2D eigenvalue weighted by molar-refractivity contribution is 5.79. The van der Waals surface area contributed by atoms with Gasteiger partial charge in [0, 0.05) is 40.4 Å². The molecule has 118 valence electrons. The van der Waals surface area contributed by atoms with E-state index in [1.54, 1.807) is 0 Å². The molecule has 4 nitrogen and oxygen atoms in total. The molecule has 21 heavy (non-hydrogen) atoms. The molecular formula is C17H29N3O. The molecule has 0 radical (unpaired) electrons. The standard InChI is InChI=1S/C17H29N3O/c1-5-15-8-10-16(11-9-15)14-20(4)17(18-3)19-12-7-13-21-6-2/h8-11H,5-7,12-14H2,1-4H3,(H,18,19). The Balaban J connectivity index is 2.41. The van der Waals surface area contributed by atoms with Crippen molar-refractivity contribution < 1.29 is 4.74 Å². The summed E-state index contributed by atoms with van der Waals surface area (Å²) in [6, 6.07) is 8.78. The van der Waals surface area contributed by atoms with Gasteiger partial charge < -0.3 is 15.0 Å². The molecule has 0 bridgehead atoms. The van der Waals surface area contributed by atoms with Gasteiger partial charge in [-0.25, -0.2) is 0 Å². The fraction of sp³-hybridized carbons (Fsp3) is 0.588. The number of aliphatic imine (C=N–C) groups is 1. The fourth-order valence-electron chi connectivity index (χ4n) is 2.13. The number of hydrogen-bond acceptors (Lipinski definition) is 2. The summed E-state index contributed by atoms with van der Waals surface area (Å²) in [5.41, 5.74) is 2.67. The summed E-state index contributed by atoms with van der Waals surface area (Å²) in [7, 11) is 3.88. The Morgan fingerprint density at radius 1 is 1.19 bits per heavy atom. The number of aryl methyl sites for hydroxylation is 1. The summed E-state index contributed by atoms with van der Waals surface area (Å²) in [5.74, 6) is 0.922. The van der Waals surface area contributed by atoms with Crippen LogP contribution in [-0.4, -0.2) is 44.7 Å². The topological polar surface area (TPSA) is 36.9 Å². The van der Waals surface area contributed by atoms with Crippen LogP contribution in [0, 0.1) is 0 Å². The second-order valence-electron chi connectivity index (χ2n) is 5.05. The van der Waals surface area contributed by atoms with Crippen molar-refractivity contribution in [3.63, 3.8) is 0 Å². The van der Waals surface area contributed by atoms with Crippen molar-refractivity contribution in [2.75, 3.05) is 33.9 Å². The van der Waals surface area contributed by atoms with Gasteiger partial charge in [0.05, 0.1) is 0 Å². The van der Waals surface area contributed by atoms with Gasteiger partial charge in [-0.1, -0.05) is 31.2 Å². The zero-order chi connectivity index (χ0) is 15.5. The molecule has 1 rings (SSSR count). The quantitative estimate of drug-likeness (QED) is 0.454. The van der Waals surface area contributed by atoms with E-state index in [1.165, 1.54) is 11.1 Å². The molecular weight excluding hydrogens is 262 g/mol. The van der Waals surface area contributed by atoms with Crippen molar-refractivity contribution in [1.29, 1.82) is 0 Å². The van der Waals surface area contributed by atoms with E-state index in [2.05, 4.69) is 53.4 Å². The number of guanidine groups is 1. The average molecular weight is 291 g/mol. The van der Waals surface area contributed by atoms with E-state index in [0.29, 0.717) is 0 Å². The normalized spacial score (nSPS) is 11.5. The van der Waals surface area contributed by atoms with Crippen molar-refractivity contribution >= 4 is 5.96 Å². The Labute approximate surface area is 129 Å². The van der Waals surface area contributed by atoms with E-state index in [4.69, 9.17) is 4.74 Å². The lowest BCUT2D eigenvalue weighted by Crippen LogP contribution is -2.39. The molecule has 0 saturated heterocycles. The molecule has 1 aromatic carbocycles. The van der Waals surface area contributed by atoms with E-state index in [0.717, 1.165) is 45.1 Å². The molecule has 0 aliphatic rings. The van der Waals surface area contributed by atoms with Crippen molar-refractivity contribution in [2.45, 2.75) is 33.2 Å². The molecule has 1 N–H and O–H groups in total. The number of nitrogens with one attached hydrogen (secondary N) is 1. The Hall–Kier alpha value is -1.55. The van der Waals surface area contributed by atoms with Gasteiger partial charge in [0.25, 0.3) is 0 Å². The predicted molar refractivity (Wildman–Crippen MR) is 89.8 cm³/mol. The first-order valence-corrected chi connectivity index (χ1v) is 7.78. The summed E-state index contributed by atoms with van der Waals surface area (Å²) < 4.78 is 5.33. The van der Waals surface area contributed by atoms with E-state index in [-0.39, 0.29) is 0 Å². The van der Waals surface area contributed by atoms with Crippen LogP contribution >= 0.6 is 0 Å². The molecule has 0 fully saturated rings. The molecule has 0 saturated carbocycles. The Kier molecular flexibility index (Phi) is 8.51. The lowest BCUT2D eigenvalue weighted by Gasteiger charge is -2.22. The van der Waals surface area contributed by atoms with E-state index >= 15 is 0 Å². The van der Waals surface area contributed by atoms with Gasteiger partial charge in [-0.3, -0.25) is 4.99 Å². The van der Waals surface area contributed by atoms with E-state index < -0.39 is 0 Å². The lowest BCUT2D eigenvalue weighted by molar-refractivity contribution is 0.145. The Morgan fingerprint density at radius 2 is 1.86 bits per heavy atom. The first-order valence-electron chi connectivity index (χ1n) is 7.78. The molecule has 4 heteroatoms. The summed E-state index contributed by atoms with van der Waals surface area (Å²) >= 11 is 0. The molecule has 0 amide bonds. The average Bonchev–Trinajstić information content (AvgIpc) is 2.51.